The van der Waals surface area contributed by atoms with Crippen molar-refractivity contribution < 1.29 is 22.4 Å². The van der Waals surface area contributed by atoms with Crippen LogP contribution in [0.4, 0.5) is 22.4 Å². The largest absolute Gasteiger partial charge is 0.419 e. The van der Waals surface area contributed by atoms with Gasteiger partial charge in [-0.2, -0.15) is 13.2 Å². The summed E-state index contributed by atoms with van der Waals surface area (Å²) in [6.07, 6.45) is -2.89. The molecule has 1 fully saturated rings. The maximum Gasteiger partial charge on any atom is 0.419 e. The molecule has 0 aromatic heterocycles. The highest BCUT2D eigenvalue weighted by Crippen LogP contribution is 2.32. The van der Waals surface area contributed by atoms with Gasteiger partial charge in [-0.3, -0.25) is 0 Å². The van der Waals surface area contributed by atoms with Gasteiger partial charge >= 0.3 is 12.2 Å². The molecular weight excluding hydrogens is 276 g/mol. The van der Waals surface area contributed by atoms with E-state index in [9.17, 15) is 22.4 Å². The molecule has 0 spiro atoms. The molecule has 1 aliphatic heterocycles. The predicted molar refractivity (Wildman–Crippen MR) is 64.4 cm³/mol. The van der Waals surface area contributed by atoms with Crippen LogP contribution in [0.2, 0.25) is 0 Å². The summed E-state index contributed by atoms with van der Waals surface area (Å²) in [6.45, 7) is 0.531. The lowest BCUT2D eigenvalue weighted by Crippen LogP contribution is -2.40. The molecule has 2 amide bonds. The zero-order valence-corrected chi connectivity index (χ0v) is 10.6. The lowest BCUT2D eigenvalue weighted by atomic mass is 10.0. The van der Waals surface area contributed by atoms with Crippen molar-refractivity contribution in [1.29, 1.82) is 0 Å². The quantitative estimate of drug-likeness (QED) is 0.836. The Morgan fingerprint density at radius 2 is 2.10 bits per heavy atom. The van der Waals surface area contributed by atoms with E-state index in [1.54, 1.807) is 0 Å². The fourth-order valence-electron chi connectivity index (χ4n) is 2.53. The van der Waals surface area contributed by atoms with Crippen LogP contribution in [0, 0.1) is 5.82 Å². The van der Waals surface area contributed by atoms with Crippen LogP contribution in [-0.2, 0) is 12.6 Å². The van der Waals surface area contributed by atoms with E-state index in [0.717, 1.165) is 18.6 Å². The second-order valence-electron chi connectivity index (χ2n) is 4.84. The van der Waals surface area contributed by atoms with Crippen LogP contribution >= 0.6 is 0 Å². The number of carbonyl (C=O) groups is 1. The zero-order chi connectivity index (χ0) is 14.9. The minimum Gasteiger partial charge on any atom is -0.351 e. The van der Waals surface area contributed by atoms with E-state index >= 15 is 0 Å². The second kappa shape index (κ2) is 5.30. The summed E-state index contributed by atoms with van der Waals surface area (Å²) in [6, 6.07) is 2.11. The van der Waals surface area contributed by atoms with Gasteiger partial charge in [0.2, 0.25) is 0 Å². The smallest absolute Gasteiger partial charge is 0.351 e. The van der Waals surface area contributed by atoms with Gasteiger partial charge in [-0.25, -0.2) is 9.18 Å². The van der Waals surface area contributed by atoms with Crippen LogP contribution in [-0.4, -0.2) is 23.5 Å². The first-order valence-electron chi connectivity index (χ1n) is 6.20. The average Bonchev–Trinajstić information content (AvgIpc) is 2.75. The Balaban J connectivity index is 2.15. The van der Waals surface area contributed by atoms with Crippen LogP contribution in [0.25, 0.3) is 0 Å². The van der Waals surface area contributed by atoms with Crippen LogP contribution in [0.15, 0.2) is 18.2 Å². The van der Waals surface area contributed by atoms with Gasteiger partial charge in [-0.1, -0.05) is 6.07 Å². The molecule has 1 saturated heterocycles. The number of benzene rings is 1. The molecule has 1 heterocycles. The van der Waals surface area contributed by atoms with E-state index in [4.69, 9.17) is 5.73 Å². The van der Waals surface area contributed by atoms with E-state index in [0.29, 0.717) is 24.9 Å². The number of primary amides is 1. The summed E-state index contributed by atoms with van der Waals surface area (Å²) < 4.78 is 50.8. The Morgan fingerprint density at radius 3 is 2.65 bits per heavy atom. The number of alkyl halides is 3. The monoisotopic (exact) mass is 290 g/mol. The molecule has 0 radical (unpaired) electrons. The molecule has 1 atom stereocenters. The van der Waals surface area contributed by atoms with Crippen molar-refractivity contribution >= 4 is 6.03 Å². The minimum atomic E-state index is -4.70. The Labute approximate surface area is 113 Å². The van der Waals surface area contributed by atoms with Gasteiger partial charge in [-0.05, 0) is 37.0 Å². The first-order valence-corrected chi connectivity index (χ1v) is 6.20. The Bertz CT molecular complexity index is 516. The number of rotatable bonds is 2. The molecule has 1 aromatic rings. The van der Waals surface area contributed by atoms with Gasteiger partial charge in [0.05, 0.1) is 5.56 Å². The summed E-state index contributed by atoms with van der Waals surface area (Å²) in [5.41, 5.74) is 4.36. The molecule has 1 aliphatic rings. The molecule has 0 saturated carbocycles. The normalized spacial score (nSPS) is 19.4. The van der Waals surface area contributed by atoms with Crippen molar-refractivity contribution in [2.45, 2.75) is 31.5 Å². The number of nitrogens with two attached hydrogens (primary N) is 1. The molecule has 20 heavy (non-hydrogen) atoms. The lowest BCUT2D eigenvalue weighted by Gasteiger charge is -2.22. The Kier molecular flexibility index (Phi) is 3.87. The molecule has 2 rings (SSSR count). The molecule has 110 valence electrons. The third kappa shape index (κ3) is 3.02. The maximum absolute atomic E-state index is 13.5. The van der Waals surface area contributed by atoms with Gasteiger partial charge in [0.25, 0.3) is 0 Å². The number of hydrogen-bond donors (Lipinski definition) is 1. The third-order valence-corrected chi connectivity index (χ3v) is 3.47. The maximum atomic E-state index is 13.5. The summed E-state index contributed by atoms with van der Waals surface area (Å²) in [7, 11) is 0. The van der Waals surface area contributed by atoms with Crippen LogP contribution < -0.4 is 5.73 Å². The molecule has 0 unspecified atom stereocenters. The number of halogens is 4. The van der Waals surface area contributed by atoms with E-state index in [-0.39, 0.29) is 6.04 Å². The summed E-state index contributed by atoms with van der Waals surface area (Å²) in [5, 5.41) is 0. The molecule has 3 nitrogen and oxygen atoms in total. The number of urea groups is 1. The lowest BCUT2D eigenvalue weighted by molar-refractivity contribution is -0.140. The topological polar surface area (TPSA) is 46.3 Å². The molecule has 1 aromatic carbocycles. The number of nitrogens with zero attached hydrogens (tertiary/aromatic N) is 1. The SMILES string of the molecule is NC(=O)N1CCC[C@H]1Cc1ccc(C(F)(F)F)c(F)c1. The predicted octanol–water partition coefficient (Wildman–Crippen LogP) is 2.93. The van der Waals surface area contributed by atoms with Crippen molar-refractivity contribution in [2.24, 2.45) is 5.73 Å². The van der Waals surface area contributed by atoms with Crippen molar-refractivity contribution in [1.82, 2.24) is 4.90 Å². The number of carbonyl (C=O) groups excluding carboxylic acids is 1. The summed E-state index contributed by atoms with van der Waals surface area (Å²) >= 11 is 0. The molecule has 2 N–H and O–H groups in total. The van der Waals surface area contributed by atoms with Crippen LogP contribution in [0.5, 0.6) is 0 Å². The van der Waals surface area contributed by atoms with E-state index in [2.05, 4.69) is 0 Å². The van der Waals surface area contributed by atoms with Gasteiger partial charge < -0.3 is 10.6 Å². The van der Waals surface area contributed by atoms with Crippen LogP contribution in [0.1, 0.15) is 24.0 Å². The summed E-state index contributed by atoms with van der Waals surface area (Å²) in [5.74, 6) is -1.29. The zero-order valence-electron chi connectivity index (χ0n) is 10.6. The standard InChI is InChI=1S/C13H14F4N2O/c14-11-7-8(3-4-10(11)13(15,16)17)6-9-2-1-5-19(9)12(18)20/h3-4,7,9H,1-2,5-6H2,(H2,18,20)/t9-/m0/s1. The molecule has 0 bridgehead atoms. The van der Waals surface area contributed by atoms with Gasteiger partial charge in [0.1, 0.15) is 5.82 Å². The van der Waals surface area contributed by atoms with Crippen LogP contribution in [0.3, 0.4) is 0 Å². The van der Waals surface area contributed by atoms with E-state index in [1.165, 1.54) is 11.0 Å². The fourth-order valence-corrected chi connectivity index (χ4v) is 2.53. The van der Waals surface area contributed by atoms with Crippen molar-refractivity contribution in [3.63, 3.8) is 0 Å². The highest BCUT2D eigenvalue weighted by molar-refractivity contribution is 5.72. The Hall–Kier alpha value is -1.79. The van der Waals surface area contributed by atoms with Crippen molar-refractivity contribution in [2.75, 3.05) is 6.54 Å². The number of amides is 2. The molecule has 7 heteroatoms. The van der Waals surface area contributed by atoms with E-state index in [1.807, 2.05) is 0 Å². The average molecular weight is 290 g/mol. The first kappa shape index (κ1) is 14.6. The second-order valence-corrected chi connectivity index (χ2v) is 4.84. The van der Waals surface area contributed by atoms with Crippen molar-refractivity contribution in [3.8, 4) is 0 Å². The minimum absolute atomic E-state index is 0.177. The fraction of sp³-hybridized carbons (Fsp3) is 0.462. The first-order chi connectivity index (χ1) is 9.29. The Morgan fingerprint density at radius 1 is 1.40 bits per heavy atom. The number of likely N-dealkylation sites (tertiary alicyclic amines) is 1. The highest BCUT2D eigenvalue weighted by atomic mass is 19.4. The highest BCUT2D eigenvalue weighted by Gasteiger charge is 2.34. The van der Waals surface area contributed by atoms with Gasteiger partial charge in [-0.15, -0.1) is 0 Å². The molecular formula is C13H14F4N2O. The van der Waals surface area contributed by atoms with Gasteiger partial charge in [0.15, 0.2) is 0 Å². The summed E-state index contributed by atoms with van der Waals surface area (Å²) in [4.78, 5) is 12.6. The number of hydrogen-bond acceptors (Lipinski definition) is 1. The molecule has 0 aliphatic carbocycles. The van der Waals surface area contributed by atoms with E-state index < -0.39 is 23.6 Å². The third-order valence-electron chi connectivity index (χ3n) is 3.47. The van der Waals surface area contributed by atoms with Crippen molar-refractivity contribution in [3.05, 3.63) is 35.1 Å². The van der Waals surface area contributed by atoms with Gasteiger partial charge in [0, 0.05) is 12.6 Å².